The van der Waals surface area contributed by atoms with E-state index >= 15 is 0 Å². The molecule has 4 heteroatoms. The topological polar surface area (TPSA) is 43.1 Å². The third-order valence-electron chi connectivity index (χ3n) is 1.81. The van der Waals surface area contributed by atoms with E-state index in [9.17, 15) is 4.79 Å². The standard InChI is InChI=1S/C10H12BrNOS/c1-6(12)10(13)7-3-8(11)5-9(4-7)14-2/h3-6H,12H2,1-2H3. The van der Waals surface area contributed by atoms with Gasteiger partial charge < -0.3 is 5.73 Å². The van der Waals surface area contributed by atoms with Crippen LogP contribution in [0.2, 0.25) is 0 Å². The number of hydrogen-bond acceptors (Lipinski definition) is 3. The predicted molar refractivity (Wildman–Crippen MR) is 63.9 cm³/mol. The van der Waals surface area contributed by atoms with Crippen LogP contribution in [0, 0.1) is 0 Å². The molecule has 2 nitrogen and oxygen atoms in total. The van der Waals surface area contributed by atoms with Gasteiger partial charge >= 0.3 is 0 Å². The number of carbonyl (C=O) groups excluding carboxylic acids is 1. The fourth-order valence-electron chi connectivity index (χ4n) is 1.09. The second kappa shape index (κ2) is 4.96. The highest BCUT2D eigenvalue weighted by Gasteiger charge is 2.11. The van der Waals surface area contributed by atoms with Gasteiger partial charge in [-0.15, -0.1) is 11.8 Å². The summed E-state index contributed by atoms with van der Waals surface area (Å²) in [6.45, 7) is 1.70. The lowest BCUT2D eigenvalue weighted by Crippen LogP contribution is -2.26. The average Bonchev–Trinajstić information content (AvgIpc) is 2.15. The van der Waals surface area contributed by atoms with Gasteiger partial charge in [0.25, 0.3) is 0 Å². The lowest BCUT2D eigenvalue weighted by molar-refractivity contribution is 0.0967. The largest absolute Gasteiger partial charge is 0.321 e. The van der Waals surface area contributed by atoms with Crippen molar-refractivity contribution in [3.8, 4) is 0 Å². The first kappa shape index (κ1) is 11.8. The first-order chi connectivity index (χ1) is 6.54. The summed E-state index contributed by atoms with van der Waals surface area (Å²) in [6.07, 6.45) is 1.97. The van der Waals surface area contributed by atoms with E-state index in [2.05, 4.69) is 15.9 Å². The molecule has 0 saturated carbocycles. The van der Waals surface area contributed by atoms with Gasteiger partial charge in [0, 0.05) is 14.9 Å². The number of benzene rings is 1. The summed E-state index contributed by atoms with van der Waals surface area (Å²) in [5, 5.41) is 0. The summed E-state index contributed by atoms with van der Waals surface area (Å²) in [6, 6.07) is 5.19. The van der Waals surface area contributed by atoms with Crippen LogP contribution in [-0.2, 0) is 0 Å². The fraction of sp³-hybridized carbons (Fsp3) is 0.300. The minimum absolute atomic E-state index is 0.0263. The van der Waals surface area contributed by atoms with Crippen molar-refractivity contribution in [1.29, 1.82) is 0 Å². The van der Waals surface area contributed by atoms with E-state index in [1.807, 2.05) is 18.4 Å². The van der Waals surface area contributed by atoms with Gasteiger partial charge in [-0.2, -0.15) is 0 Å². The molecule has 0 radical (unpaired) electrons. The van der Waals surface area contributed by atoms with Crippen molar-refractivity contribution < 1.29 is 4.79 Å². The minimum Gasteiger partial charge on any atom is -0.321 e. The number of hydrogen-bond donors (Lipinski definition) is 1. The van der Waals surface area contributed by atoms with Crippen LogP contribution in [0.3, 0.4) is 0 Å². The van der Waals surface area contributed by atoms with E-state index < -0.39 is 6.04 Å². The highest BCUT2D eigenvalue weighted by molar-refractivity contribution is 9.10. The molecule has 1 rings (SSSR count). The number of Topliss-reactive ketones (excluding diaryl/α,β-unsaturated/α-hetero) is 1. The Morgan fingerprint density at radius 2 is 2.14 bits per heavy atom. The second-order valence-corrected chi connectivity index (χ2v) is 4.83. The van der Waals surface area contributed by atoms with Crippen LogP contribution in [-0.4, -0.2) is 18.1 Å². The van der Waals surface area contributed by atoms with Crippen LogP contribution >= 0.6 is 27.7 Å². The third kappa shape index (κ3) is 2.83. The zero-order valence-electron chi connectivity index (χ0n) is 8.08. The SMILES string of the molecule is CSc1cc(Br)cc(C(=O)C(C)N)c1. The van der Waals surface area contributed by atoms with Crippen molar-refractivity contribution in [3.05, 3.63) is 28.2 Å². The molecule has 1 unspecified atom stereocenters. The number of nitrogens with two attached hydrogens (primary N) is 1. The summed E-state index contributed by atoms with van der Waals surface area (Å²) >= 11 is 4.97. The van der Waals surface area contributed by atoms with Crippen LogP contribution in [0.4, 0.5) is 0 Å². The molecule has 0 spiro atoms. The van der Waals surface area contributed by atoms with Gasteiger partial charge in [0.15, 0.2) is 5.78 Å². The van der Waals surface area contributed by atoms with E-state index in [1.54, 1.807) is 24.8 Å². The van der Waals surface area contributed by atoms with E-state index in [0.717, 1.165) is 9.37 Å². The van der Waals surface area contributed by atoms with Crippen molar-refractivity contribution in [1.82, 2.24) is 0 Å². The Balaban J connectivity index is 3.09. The maximum absolute atomic E-state index is 11.6. The molecule has 0 heterocycles. The maximum atomic E-state index is 11.6. The molecule has 0 fully saturated rings. The highest BCUT2D eigenvalue weighted by atomic mass is 79.9. The second-order valence-electron chi connectivity index (χ2n) is 3.03. The van der Waals surface area contributed by atoms with Crippen LogP contribution < -0.4 is 5.73 Å². The van der Waals surface area contributed by atoms with Crippen LogP contribution in [0.15, 0.2) is 27.6 Å². The van der Waals surface area contributed by atoms with E-state index in [-0.39, 0.29) is 5.78 Å². The summed E-state index contributed by atoms with van der Waals surface area (Å²) in [7, 11) is 0. The van der Waals surface area contributed by atoms with Gasteiger partial charge in [0.1, 0.15) is 0 Å². The van der Waals surface area contributed by atoms with Crippen LogP contribution in [0.25, 0.3) is 0 Å². The molecule has 0 aliphatic heterocycles. The van der Waals surface area contributed by atoms with Gasteiger partial charge in [0.2, 0.25) is 0 Å². The van der Waals surface area contributed by atoms with Crippen molar-refractivity contribution in [2.24, 2.45) is 5.73 Å². The van der Waals surface area contributed by atoms with Crippen molar-refractivity contribution in [3.63, 3.8) is 0 Å². The zero-order valence-corrected chi connectivity index (χ0v) is 10.5. The Labute approximate surface area is 96.4 Å². The molecular formula is C10H12BrNOS. The van der Waals surface area contributed by atoms with Crippen molar-refractivity contribution >= 4 is 33.5 Å². The summed E-state index contributed by atoms with van der Waals surface area (Å²) in [4.78, 5) is 12.7. The monoisotopic (exact) mass is 273 g/mol. The Hall–Kier alpha value is -0.320. The molecule has 2 N–H and O–H groups in total. The Morgan fingerprint density at radius 3 is 2.64 bits per heavy atom. The number of halogens is 1. The molecule has 0 aliphatic carbocycles. The molecule has 0 aliphatic rings. The molecule has 14 heavy (non-hydrogen) atoms. The highest BCUT2D eigenvalue weighted by Crippen LogP contribution is 2.23. The smallest absolute Gasteiger partial charge is 0.179 e. The summed E-state index contributed by atoms with van der Waals surface area (Å²) in [5.41, 5.74) is 6.20. The fourth-order valence-corrected chi connectivity index (χ4v) is 2.22. The first-order valence-corrected chi connectivity index (χ1v) is 6.20. The van der Waals surface area contributed by atoms with Crippen LogP contribution in [0.1, 0.15) is 17.3 Å². The van der Waals surface area contributed by atoms with E-state index in [0.29, 0.717) is 5.56 Å². The van der Waals surface area contributed by atoms with Gasteiger partial charge in [-0.3, -0.25) is 4.79 Å². The molecular weight excluding hydrogens is 262 g/mol. The number of carbonyl (C=O) groups is 1. The Morgan fingerprint density at radius 1 is 1.50 bits per heavy atom. The summed E-state index contributed by atoms with van der Waals surface area (Å²) < 4.78 is 0.911. The quantitative estimate of drug-likeness (QED) is 0.680. The molecule has 0 saturated heterocycles. The minimum atomic E-state index is -0.445. The molecule has 1 aromatic carbocycles. The van der Waals surface area contributed by atoms with Crippen LogP contribution in [0.5, 0.6) is 0 Å². The van der Waals surface area contributed by atoms with Crippen molar-refractivity contribution in [2.75, 3.05) is 6.26 Å². The first-order valence-electron chi connectivity index (χ1n) is 4.19. The van der Waals surface area contributed by atoms with Gasteiger partial charge in [0.05, 0.1) is 6.04 Å². The Bertz CT molecular complexity index is 352. The van der Waals surface area contributed by atoms with Crippen molar-refractivity contribution in [2.45, 2.75) is 17.9 Å². The predicted octanol–water partition coefficient (Wildman–Crippen LogP) is 2.70. The Kier molecular flexibility index (Phi) is 4.16. The number of rotatable bonds is 3. The third-order valence-corrected chi connectivity index (χ3v) is 2.97. The molecule has 0 bridgehead atoms. The number of ketones is 1. The normalized spacial score (nSPS) is 12.6. The molecule has 1 aromatic rings. The zero-order chi connectivity index (χ0) is 10.7. The summed E-state index contributed by atoms with van der Waals surface area (Å²) in [5.74, 6) is -0.0263. The average molecular weight is 274 g/mol. The van der Waals surface area contributed by atoms with E-state index in [1.165, 1.54) is 0 Å². The van der Waals surface area contributed by atoms with Gasteiger partial charge in [-0.1, -0.05) is 15.9 Å². The lowest BCUT2D eigenvalue weighted by Gasteiger charge is -2.06. The maximum Gasteiger partial charge on any atom is 0.179 e. The molecule has 0 aromatic heterocycles. The molecule has 1 atom stereocenters. The van der Waals surface area contributed by atoms with Gasteiger partial charge in [-0.25, -0.2) is 0 Å². The molecule has 0 amide bonds. The van der Waals surface area contributed by atoms with E-state index in [4.69, 9.17) is 5.73 Å². The number of thioether (sulfide) groups is 1. The lowest BCUT2D eigenvalue weighted by atomic mass is 10.1. The van der Waals surface area contributed by atoms with Gasteiger partial charge in [-0.05, 0) is 31.4 Å². The molecule has 76 valence electrons.